The molecule has 12 heavy (non-hydrogen) atoms. The fraction of sp³-hybridized carbons (Fsp3) is 0.889. The second-order valence-corrected chi connectivity index (χ2v) is 4.42. The molecule has 1 aliphatic heterocycles. The molecule has 0 unspecified atom stereocenters. The monoisotopic (exact) mass is 233 g/mol. The summed E-state index contributed by atoms with van der Waals surface area (Å²) in [5.41, 5.74) is 0. The van der Waals surface area contributed by atoms with Crippen molar-refractivity contribution in [3.8, 4) is 0 Å². The van der Waals surface area contributed by atoms with Crippen LogP contribution in [0, 0.1) is 0 Å². The molecular formula is C9H16BrNO. The lowest BCUT2D eigenvalue weighted by molar-refractivity contribution is -0.120. The molecule has 70 valence electrons. The maximum Gasteiger partial charge on any atom is 0.233 e. The highest BCUT2D eigenvalue weighted by Gasteiger charge is 2.13. The predicted molar refractivity (Wildman–Crippen MR) is 53.4 cm³/mol. The van der Waals surface area contributed by atoms with Crippen LogP contribution in [0.5, 0.6) is 0 Å². The molecule has 0 bridgehead atoms. The topological polar surface area (TPSA) is 29.1 Å². The first-order valence-electron chi connectivity index (χ1n) is 4.72. The molecule has 1 heterocycles. The summed E-state index contributed by atoms with van der Waals surface area (Å²) in [6, 6.07) is 0. The van der Waals surface area contributed by atoms with Gasteiger partial charge in [-0.15, -0.1) is 0 Å². The van der Waals surface area contributed by atoms with Crippen molar-refractivity contribution in [2.45, 2.75) is 43.4 Å². The molecule has 1 amide bonds. The van der Waals surface area contributed by atoms with Crippen LogP contribution in [0.3, 0.4) is 0 Å². The van der Waals surface area contributed by atoms with Crippen LogP contribution >= 0.6 is 15.9 Å². The number of rotatable bonds is 0. The molecule has 1 aliphatic rings. The molecule has 1 saturated heterocycles. The van der Waals surface area contributed by atoms with E-state index < -0.39 is 0 Å². The highest BCUT2D eigenvalue weighted by atomic mass is 79.9. The zero-order chi connectivity index (χ0) is 8.81. The third-order valence-corrected chi connectivity index (χ3v) is 3.09. The molecule has 0 radical (unpaired) electrons. The van der Waals surface area contributed by atoms with Gasteiger partial charge >= 0.3 is 0 Å². The van der Waals surface area contributed by atoms with Gasteiger partial charge < -0.3 is 5.32 Å². The van der Waals surface area contributed by atoms with Crippen molar-refractivity contribution >= 4 is 21.8 Å². The molecule has 1 rings (SSSR count). The first kappa shape index (κ1) is 10.0. The van der Waals surface area contributed by atoms with E-state index in [0.29, 0.717) is 0 Å². The lowest BCUT2D eigenvalue weighted by Gasteiger charge is -2.12. The summed E-state index contributed by atoms with van der Waals surface area (Å²) >= 11 is 3.39. The first-order chi connectivity index (χ1) is 5.80. The number of nitrogens with one attached hydrogen (secondary N) is 1. The van der Waals surface area contributed by atoms with E-state index in [1.54, 1.807) is 0 Å². The second kappa shape index (κ2) is 5.57. The highest BCUT2D eigenvalue weighted by Crippen LogP contribution is 2.14. The summed E-state index contributed by atoms with van der Waals surface area (Å²) in [5, 5.41) is 2.92. The van der Waals surface area contributed by atoms with Crippen LogP contribution in [0.15, 0.2) is 0 Å². The molecule has 1 N–H and O–H groups in total. The zero-order valence-corrected chi connectivity index (χ0v) is 8.90. The summed E-state index contributed by atoms with van der Waals surface area (Å²) < 4.78 is 0. The number of hydrogen-bond donors (Lipinski definition) is 1. The van der Waals surface area contributed by atoms with Crippen molar-refractivity contribution in [2.75, 3.05) is 6.54 Å². The van der Waals surface area contributed by atoms with Crippen molar-refractivity contribution in [2.24, 2.45) is 0 Å². The third-order valence-electron chi connectivity index (χ3n) is 2.22. The number of alkyl halides is 1. The van der Waals surface area contributed by atoms with E-state index in [1.807, 2.05) is 0 Å². The van der Waals surface area contributed by atoms with Crippen LogP contribution in [0.25, 0.3) is 0 Å². The van der Waals surface area contributed by atoms with E-state index in [1.165, 1.54) is 25.7 Å². The normalized spacial score (nSPS) is 27.8. The quantitative estimate of drug-likeness (QED) is 0.640. The van der Waals surface area contributed by atoms with Gasteiger partial charge in [-0.05, 0) is 12.8 Å². The van der Waals surface area contributed by atoms with Crippen molar-refractivity contribution in [1.82, 2.24) is 5.32 Å². The Balaban J connectivity index is 2.31. The average molecular weight is 234 g/mol. The molecular weight excluding hydrogens is 218 g/mol. The van der Waals surface area contributed by atoms with E-state index in [0.717, 1.165) is 19.4 Å². The van der Waals surface area contributed by atoms with Gasteiger partial charge in [-0.1, -0.05) is 41.6 Å². The first-order valence-corrected chi connectivity index (χ1v) is 5.64. The molecule has 1 atom stereocenters. The lowest BCUT2D eigenvalue weighted by Crippen LogP contribution is -2.32. The van der Waals surface area contributed by atoms with Gasteiger partial charge in [0.25, 0.3) is 0 Å². The number of hydrogen-bond acceptors (Lipinski definition) is 1. The zero-order valence-electron chi connectivity index (χ0n) is 7.31. The number of carbonyl (C=O) groups is 1. The van der Waals surface area contributed by atoms with Gasteiger partial charge in [0.05, 0.1) is 4.83 Å². The predicted octanol–water partition coefficient (Wildman–Crippen LogP) is 2.22. The van der Waals surface area contributed by atoms with Gasteiger partial charge in [0.15, 0.2) is 0 Å². The van der Waals surface area contributed by atoms with Crippen LogP contribution in [-0.4, -0.2) is 17.3 Å². The van der Waals surface area contributed by atoms with Crippen LogP contribution in [-0.2, 0) is 4.79 Å². The van der Waals surface area contributed by atoms with Gasteiger partial charge in [0.2, 0.25) is 5.91 Å². The van der Waals surface area contributed by atoms with Crippen LogP contribution in [0.2, 0.25) is 0 Å². The fourth-order valence-electron chi connectivity index (χ4n) is 1.43. The molecule has 3 heteroatoms. The molecule has 0 aromatic heterocycles. The number of amides is 1. The summed E-state index contributed by atoms with van der Waals surface area (Å²) in [7, 11) is 0. The minimum absolute atomic E-state index is 0.0376. The van der Waals surface area contributed by atoms with Crippen molar-refractivity contribution in [3.63, 3.8) is 0 Å². The summed E-state index contributed by atoms with van der Waals surface area (Å²) in [4.78, 5) is 11.3. The fourth-order valence-corrected chi connectivity index (χ4v) is 1.92. The lowest BCUT2D eigenvalue weighted by atomic mass is 10.1. The van der Waals surface area contributed by atoms with Crippen molar-refractivity contribution < 1.29 is 4.79 Å². The Morgan fingerprint density at radius 1 is 1.17 bits per heavy atom. The minimum atomic E-state index is 0.0376. The molecule has 2 nitrogen and oxygen atoms in total. The average Bonchev–Trinajstić information content (AvgIpc) is 2.08. The van der Waals surface area contributed by atoms with E-state index in [-0.39, 0.29) is 10.7 Å². The summed E-state index contributed by atoms with van der Waals surface area (Å²) in [6.45, 7) is 0.848. The maximum atomic E-state index is 11.3. The smallest absolute Gasteiger partial charge is 0.233 e. The van der Waals surface area contributed by atoms with Gasteiger partial charge in [0.1, 0.15) is 0 Å². The van der Waals surface area contributed by atoms with E-state index in [9.17, 15) is 4.79 Å². The van der Waals surface area contributed by atoms with E-state index in [4.69, 9.17) is 0 Å². The maximum absolute atomic E-state index is 11.3. The molecule has 0 aliphatic carbocycles. The highest BCUT2D eigenvalue weighted by molar-refractivity contribution is 9.10. The van der Waals surface area contributed by atoms with Crippen molar-refractivity contribution in [1.29, 1.82) is 0 Å². The second-order valence-electron chi connectivity index (χ2n) is 3.32. The molecule has 0 spiro atoms. The minimum Gasteiger partial charge on any atom is -0.355 e. The Morgan fingerprint density at radius 3 is 2.67 bits per heavy atom. The summed E-state index contributed by atoms with van der Waals surface area (Å²) in [6.07, 6.45) is 7.12. The standard InChI is InChI=1S/C9H16BrNO/c10-8-6-4-2-1-3-5-7-11-9(8)12/h8H,1-7H2,(H,11,12)/t8-/m1/s1. The number of carbonyl (C=O) groups excluding carboxylic acids is 1. The van der Waals surface area contributed by atoms with Gasteiger partial charge in [-0.25, -0.2) is 0 Å². The molecule has 1 fully saturated rings. The molecule has 0 aromatic carbocycles. The Morgan fingerprint density at radius 2 is 1.83 bits per heavy atom. The summed E-state index contributed by atoms with van der Waals surface area (Å²) in [5.74, 6) is 0.164. The van der Waals surface area contributed by atoms with Crippen LogP contribution < -0.4 is 5.32 Å². The van der Waals surface area contributed by atoms with Crippen molar-refractivity contribution in [3.05, 3.63) is 0 Å². The Bertz CT molecular complexity index is 149. The van der Waals surface area contributed by atoms with Crippen LogP contribution in [0.4, 0.5) is 0 Å². The Kier molecular flexibility index (Phi) is 4.66. The van der Waals surface area contributed by atoms with Crippen LogP contribution in [0.1, 0.15) is 38.5 Å². The van der Waals surface area contributed by atoms with E-state index >= 15 is 0 Å². The number of halogens is 1. The van der Waals surface area contributed by atoms with Gasteiger partial charge in [-0.3, -0.25) is 4.79 Å². The van der Waals surface area contributed by atoms with E-state index in [2.05, 4.69) is 21.2 Å². The third kappa shape index (κ3) is 3.57. The Labute approximate surface area is 82.2 Å². The van der Waals surface area contributed by atoms with Gasteiger partial charge in [0, 0.05) is 6.54 Å². The molecule has 0 saturated carbocycles. The Hall–Kier alpha value is -0.0500. The SMILES string of the molecule is O=C1NCCCCCCC[C@H]1Br. The largest absolute Gasteiger partial charge is 0.355 e. The van der Waals surface area contributed by atoms with Gasteiger partial charge in [-0.2, -0.15) is 0 Å². The molecule has 0 aromatic rings.